The molecule has 3 aromatic rings. The average Bonchev–Trinajstić information content (AvgIpc) is 3.11. The Kier molecular flexibility index (Phi) is 5.13. The Morgan fingerprint density at radius 1 is 1.32 bits per heavy atom. The number of amides is 1. The fourth-order valence-electron chi connectivity index (χ4n) is 3.58. The van der Waals surface area contributed by atoms with Gasteiger partial charge in [-0.25, -0.2) is 4.98 Å². The number of hydrogen-bond acceptors (Lipinski definition) is 4. The number of anilines is 1. The zero-order valence-electron chi connectivity index (χ0n) is 16.0. The molecule has 1 unspecified atom stereocenters. The molecule has 2 heterocycles. The molecule has 144 valence electrons. The van der Waals surface area contributed by atoms with E-state index in [0.717, 1.165) is 29.0 Å². The molecular formula is C22H23N3O2S. The molecule has 1 amide bonds. The van der Waals surface area contributed by atoms with E-state index in [9.17, 15) is 9.59 Å². The van der Waals surface area contributed by atoms with Gasteiger partial charge in [0.25, 0.3) is 11.5 Å². The Balaban J connectivity index is 1.56. The van der Waals surface area contributed by atoms with E-state index >= 15 is 0 Å². The van der Waals surface area contributed by atoms with Crippen molar-refractivity contribution in [2.45, 2.75) is 39.5 Å². The van der Waals surface area contributed by atoms with Crippen LogP contribution in [-0.2, 0) is 19.3 Å². The number of H-pyrrole nitrogens is 1. The molecular weight excluding hydrogens is 370 g/mol. The van der Waals surface area contributed by atoms with Crippen LogP contribution in [0.2, 0.25) is 0 Å². The molecule has 28 heavy (non-hydrogen) atoms. The molecule has 2 aromatic heterocycles. The van der Waals surface area contributed by atoms with Gasteiger partial charge in [0.15, 0.2) is 0 Å². The van der Waals surface area contributed by atoms with Crippen LogP contribution in [0.15, 0.2) is 41.2 Å². The number of nitrogens with one attached hydrogen (secondary N) is 2. The molecule has 4 rings (SSSR count). The predicted molar refractivity (Wildman–Crippen MR) is 113 cm³/mol. The van der Waals surface area contributed by atoms with Crippen molar-refractivity contribution in [1.82, 2.24) is 9.97 Å². The Bertz CT molecular complexity index is 1080. The minimum absolute atomic E-state index is 0.0898. The summed E-state index contributed by atoms with van der Waals surface area (Å²) in [6.07, 6.45) is 4.01. The second-order valence-corrected chi connectivity index (χ2v) is 8.52. The van der Waals surface area contributed by atoms with Gasteiger partial charge in [-0.05, 0) is 55.4 Å². The van der Waals surface area contributed by atoms with Gasteiger partial charge in [0.1, 0.15) is 5.82 Å². The van der Waals surface area contributed by atoms with Gasteiger partial charge in [-0.2, -0.15) is 0 Å². The van der Waals surface area contributed by atoms with Crippen molar-refractivity contribution in [2.24, 2.45) is 5.92 Å². The molecule has 1 aromatic carbocycles. The van der Waals surface area contributed by atoms with E-state index in [0.29, 0.717) is 23.9 Å². The van der Waals surface area contributed by atoms with Crippen LogP contribution >= 0.6 is 11.3 Å². The minimum atomic E-state index is -0.172. The number of benzene rings is 1. The standard InChI is InChI=1S/C22H23N3O2S/c1-3-16-12-20(26)25-21(23-16)14-5-4-6-17(10-14)24-22(27)19-11-15-9-13(2)7-8-18(15)28-19/h4-6,10-13H,3,7-9H2,1-2H3,(H,24,27)(H,23,25,26). The highest BCUT2D eigenvalue weighted by atomic mass is 32.1. The number of aromatic nitrogens is 2. The first kappa shape index (κ1) is 18.6. The fraction of sp³-hybridized carbons (Fsp3) is 0.318. The van der Waals surface area contributed by atoms with Gasteiger partial charge < -0.3 is 10.3 Å². The summed E-state index contributed by atoms with van der Waals surface area (Å²) in [4.78, 5) is 33.9. The number of carbonyl (C=O) groups is 1. The van der Waals surface area contributed by atoms with Crippen molar-refractivity contribution in [2.75, 3.05) is 5.32 Å². The molecule has 0 bridgehead atoms. The molecule has 1 atom stereocenters. The average molecular weight is 394 g/mol. The number of aryl methyl sites for hydroxylation is 2. The topological polar surface area (TPSA) is 74.8 Å². The Hall–Kier alpha value is -2.73. The zero-order chi connectivity index (χ0) is 19.7. The molecule has 0 fully saturated rings. The maximum absolute atomic E-state index is 12.7. The van der Waals surface area contributed by atoms with Crippen LogP contribution in [0, 0.1) is 5.92 Å². The lowest BCUT2D eigenvalue weighted by atomic mass is 9.90. The molecule has 1 aliphatic rings. The second kappa shape index (κ2) is 7.72. The fourth-order valence-corrected chi connectivity index (χ4v) is 4.68. The van der Waals surface area contributed by atoms with E-state index in [1.807, 2.05) is 37.3 Å². The van der Waals surface area contributed by atoms with Gasteiger partial charge >= 0.3 is 0 Å². The predicted octanol–water partition coefficient (Wildman–Crippen LogP) is 4.44. The molecule has 0 saturated heterocycles. The largest absolute Gasteiger partial charge is 0.321 e. The van der Waals surface area contributed by atoms with Crippen molar-refractivity contribution in [3.8, 4) is 11.4 Å². The van der Waals surface area contributed by atoms with Crippen LogP contribution in [0.3, 0.4) is 0 Å². The van der Waals surface area contributed by atoms with Gasteiger partial charge in [0, 0.05) is 27.9 Å². The zero-order valence-corrected chi connectivity index (χ0v) is 16.9. The van der Waals surface area contributed by atoms with Gasteiger partial charge in [-0.1, -0.05) is 26.0 Å². The van der Waals surface area contributed by atoms with Gasteiger partial charge in [0.2, 0.25) is 0 Å². The van der Waals surface area contributed by atoms with Crippen LogP contribution in [0.5, 0.6) is 0 Å². The Morgan fingerprint density at radius 3 is 3.00 bits per heavy atom. The van der Waals surface area contributed by atoms with E-state index in [2.05, 4.69) is 22.2 Å². The number of rotatable bonds is 4. The lowest BCUT2D eigenvalue weighted by Crippen LogP contribution is -2.11. The van der Waals surface area contributed by atoms with Gasteiger partial charge in [0.05, 0.1) is 4.88 Å². The van der Waals surface area contributed by atoms with Crippen molar-refractivity contribution in [1.29, 1.82) is 0 Å². The monoisotopic (exact) mass is 393 g/mol. The van der Waals surface area contributed by atoms with Crippen LogP contribution in [0.4, 0.5) is 5.69 Å². The summed E-state index contributed by atoms with van der Waals surface area (Å²) in [6, 6.07) is 11.0. The highest BCUT2D eigenvalue weighted by Crippen LogP contribution is 2.32. The summed E-state index contributed by atoms with van der Waals surface area (Å²) in [7, 11) is 0. The molecule has 0 spiro atoms. The maximum atomic E-state index is 12.7. The van der Waals surface area contributed by atoms with Crippen molar-refractivity contribution in [3.63, 3.8) is 0 Å². The first-order chi connectivity index (χ1) is 13.5. The number of thiophene rings is 1. The van der Waals surface area contributed by atoms with E-state index in [1.165, 1.54) is 22.9 Å². The third kappa shape index (κ3) is 3.92. The lowest BCUT2D eigenvalue weighted by Gasteiger charge is -2.16. The van der Waals surface area contributed by atoms with Crippen LogP contribution < -0.4 is 10.9 Å². The summed E-state index contributed by atoms with van der Waals surface area (Å²) < 4.78 is 0. The maximum Gasteiger partial charge on any atom is 0.265 e. The van der Waals surface area contributed by atoms with Gasteiger partial charge in [-0.15, -0.1) is 11.3 Å². The third-order valence-corrected chi connectivity index (χ3v) is 6.34. The van der Waals surface area contributed by atoms with Crippen molar-refractivity contribution in [3.05, 3.63) is 67.8 Å². The number of carbonyl (C=O) groups excluding carboxylic acids is 1. The third-order valence-electron chi connectivity index (χ3n) is 5.10. The number of hydrogen-bond donors (Lipinski definition) is 2. The number of aromatic amines is 1. The van der Waals surface area contributed by atoms with E-state index in [-0.39, 0.29) is 11.5 Å². The molecule has 2 N–H and O–H groups in total. The number of nitrogens with zero attached hydrogens (tertiary/aromatic N) is 1. The highest BCUT2D eigenvalue weighted by Gasteiger charge is 2.20. The molecule has 0 radical (unpaired) electrons. The smallest absolute Gasteiger partial charge is 0.265 e. The molecule has 5 nitrogen and oxygen atoms in total. The highest BCUT2D eigenvalue weighted by molar-refractivity contribution is 7.14. The quantitative estimate of drug-likeness (QED) is 0.688. The Morgan fingerprint density at radius 2 is 2.18 bits per heavy atom. The second-order valence-electron chi connectivity index (χ2n) is 7.38. The van der Waals surface area contributed by atoms with Gasteiger partial charge in [-0.3, -0.25) is 9.59 Å². The van der Waals surface area contributed by atoms with Crippen molar-refractivity contribution < 1.29 is 4.79 Å². The molecule has 0 aliphatic heterocycles. The first-order valence-electron chi connectivity index (χ1n) is 9.65. The molecule has 6 heteroatoms. The molecule has 0 saturated carbocycles. The minimum Gasteiger partial charge on any atom is -0.321 e. The summed E-state index contributed by atoms with van der Waals surface area (Å²) in [5, 5.41) is 2.98. The SMILES string of the molecule is CCc1cc(=O)[nH]c(-c2cccc(NC(=O)c3cc4c(s3)CCC(C)C4)c2)n1. The summed E-state index contributed by atoms with van der Waals surface area (Å²) in [6.45, 7) is 4.22. The normalized spacial score (nSPS) is 15.9. The van der Waals surface area contributed by atoms with Crippen LogP contribution in [-0.4, -0.2) is 15.9 Å². The number of fused-ring (bicyclic) bond motifs is 1. The Labute approximate surface area is 167 Å². The summed E-state index contributed by atoms with van der Waals surface area (Å²) in [5.41, 5.74) is 3.35. The van der Waals surface area contributed by atoms with Crippen molar-refractivity contribution >= 4 is 22.9 Å². The first-order valence-corrected chi connectivity index (χ1v) is 10.5. The van der Waals surface area contributed by atoms with Crippen LogP contribution in [0.25, 0.3) is 11.4 Å². The molecule has 1 aliphatic carbocycles. The van der Waals surface area contributed by atoms with E-state index in [4.69, 9.17) is 0 Å². The summed E-state index contributed by atoms with van der Waals surface area (Å²) >= 11 is 1.60. The van der Waals surface area contributed by atoms with Crippen LogP contribution in [0.1, 0.15) is 46.1 Å². The van der Waals surface area contributed by atoms with E-state index < -0.39 is 0 Å². The van der Waals surface area contributed by atoms with E-state index in [1.54, 1.807) is 11.3 Å². The summed E-state index contributed by atoms with van der Waals surface area (Å²) in [5.74, 6) is 1.11. The lowest BCUT2D eigenvalue weighted by molar-refractivity contribution is 0.103.